The molecule has 0 radical (unpaired) electrons. The number of aliphatic hydroxyl groups is 2. The molecule has 6 heteroatoms. The van der Waals surface area contributed by atoms with Crippen LogP contribution in [0.25, 0.3) is 0 Å². The zero-order valence-electron chi connectivity index (χ0n) is 52.0. The van der Waals surface area contributed by atoms with Crippen molar-refractivity contribution in [2.75, 3.05) is 13.2 Å². The molecule has 0 aliphatic heterocycles. The molecule has 2 atom stereocenters. The van der Waals surface area contributed by atoms with Crippen molar-refractivity contribution in [1.82, 2.24) is 5.32 Å². The number of hydrogen-bond donors (Lipinski definition) is 3. The van der Waals surface area contributed by atoms with Crippen LogP contribution in [0.15, 0.2) is 0 Å². The predicted octanol–water partition coefficient (Wildman–Crippen LogP) is 22.6. The summed E-state index contributed by atoms with van der Waals surface area (Å²) in [6.45, 7) is 5.00. The number of carbonyl (C=O) groups is 2. The van der Waals surface area contributed by atoms with E-state index in [0.717, 1.165) is 38.5 Å². The van der Waals surface area contributed by atoms with Crippen LogP contribution in [-0.4, -0.2) is 47.4 Å². The van der Waals surface area contributed by atoms with Crippen molar-refractivity contribution < 1.29 is 24.5 Å². The fourth-order valence-corrected chi connectivity index (χ4v) is 11.5. The third-order valence-corrected chi connectivity index (χ3v) is 16.9. The van der Waals surface area contributed by atoms with Crippen molar-refractivity contribution >= 4 is 11.9 Å². The molecule has 0 aromatic rings. The van der Waals surface area contributed by atoms with Gasteiger partial charge in [0.2, 0.25) is 5.91 Å². The monoisotopic (exact) mass is 1070 g/mol. The normalized spacial score (nSPS) is 12.4. The molecule has 0 bridgehead atoms. The van der Waals surface area contributed by atoms with Crippen molar-refractivity contribution in [3.8, 4) is 0 Å². The lowest BCUT2D eigenvalue weighted by atomic mass is 10.0. The molecule has 0 aliphatic carbocycles. The zero-order chi connectivity index (χ0) is 55.0. The maximum absolute atomic E-state index is 12.6. The van der Waals surface area contributed by atoms with E-state index < -0.39 is 12.1 Å². The molecule has 0 saturated carbocycles. The molecule has 0 rings (SSSR count). The first-order valence-corrected chi connectivity index (χ1v) is 35.3. The number of amides is 1. The fraction of sp³-hybridized carbons (Fsp3) is 0.971. The summed E-state index contributed by atoms with van der Waals surface area (Å²) in [6, 6.07) is -0.545. The highest BCUT2D eigenvalue weighted by Crippen LogP contribution is 2.20. The van der Waals surface area contributed by atoms with Crippen LogP contribution in [0.2, 0.25) is 0 Å². The summed E-state index contributed by atoms with van der Waals surface area (Å²) in [4.78, 5) is 24.7. The van der Waals surface area contributed by atoms with Crippen molar-refractivity contribution in [3.05, 3.63) is 0 Å². The van der Waals surface area contributed by atoms with E-state index in [0.29, 0.717) is 25.9 Å². The Morgan fingerprint density at radius 2 is 0.539 bits per heavy atom. The van der Waals surface area contributed by atoms with Gasteiger partial charge in [-0.05, 0) is 25.7 Å². The number of esters is 1. The van der Waals surface area contributed by atoms with Crippen LogP contribution in [0.1, 0.15) is 412 Å². The molecule has 0 heterocycles. The Labute approximate surface area is 476 Å². The minimum absolute atomic E-state index is 0.0131. The Kier molecular flexibility index (Phi) is 65.4. The van der Waals surface area contributed by atoms with Crippen molar-refractivity contribution in [3.63, 3.8) is 0 Å². The standard InChI is InChI=1S/C70H139NO5/c1-3-5-7-9-11-13-15-17-19-21-22-23-24-25-26-27-31-34-38-42-46-50-54-58-62-68(73)67(66-72)71-69(74)63-59-55-51-47-43-39-35-32-28-29-33-37-41-45-49-53-57-61-65-76-70(75)64-60-56-52-48-44-40-36-30-20-18-16-14-12-10-8-6-4-2/h67-68,72-73H,3-66H2,1-2H3,(H,71,74). The summed E-state index contributed by atoms with van der Waals surface area (Å²) in [7, 11) is 0. The number of carbonyl (C=O) groups excluding carboxylic acids is 2. The summed E-state index contributed by atoms with van der Waals surface area (Å²) in [5.74, 6) is -0.0198. The zero-order valence-corrected chi connectivity index (χ0v) is 52.0. The third-order valence-electron chi connectivity index (χ3n) is 16.9. The number of rotatable bonds is 67. The van der Waals surface area contributed by atoms with Crippen LogP contribution in [0.5, 0.6) is 0 Å². The fourth-order valence-electron chi connectivity index (χ4n) is 11.5. The largest absolute Gasteiger partial charge is 0.466 e. The lowest BCUT2D eigenvalue weighted by molar-refractivity contribution is -0.143. The number of aliphatic hydroxyl groups excluding tert-OH is 2. The van der Waals surface area contributed by atoms with Gasteiger partial charge in [-0.2, -0.15) is 0 Å². The first kappa shape index (κ1) is 74.9. The Bertz CT molecular complexity index is 1100. The highest BCUT2D eigenvalue weighted by Gasteiger charge is 2.20. The Balaban J connectivity index is 3.38. The van der Waals surface area contributed by atoms with Gasteiger partial charge in [-0.1, -0.05) is 373 Å². The van der Waals surface area contributed by atoms with Gasteiger partial charge in [0, 0.05) is 12.8 Å². The first-order chi connectivity index (χ1) is 37.5. The van der Waals surface area contributed by atoms with Gasteiger partial charge < -0.3 is 20.3 Å². The van der Waals surface area contributed by atoms with E-state index >= 15 is 0 Å². The van der Waals surface area contributed by atoms with E-state index in [1.54, 1.807) is 0 Å². The van der Waals surface area contributed by atoms with E-state index in [-0.39, 0.29) is 18.5 Å². The molecule has 0 aromatic carbocycles. The summed E-state index contributed by atoms with van der Waals surface area (Å²) in [5, 5.41) is 23.4. The van der Waals surface area contributed by atoms with Crippen molar-refractivity contribution in [1.29, 1.82) is 0 Å². The van der Waals surface area contributed by atoms with Crippen LogP contribution in [-0.2, 0) is 14.3 Å². The van der Waals surface area contributed by atoms with Crippen LogP contribution in [0.3, 0.4) is 0 Å². The summed E-state index contributed by atoms with van der Waals surface area (Å²) < 4.78 is 5.50. The second-order valence-electron chi connectivity index (χ2n) is 24.6. The van der Waals surface area contributed by atoms with Crippen molar-refractivity contribution in [2.24, 2.45) is 0 Å². The minimum Gasteiger partial charge on any atom is -0.466 e. The molecule has 1 amide bonds. The van der Waals surface area contributed by atoms with Gasteiger partial charge in [0.1, 0.15) is 0 Å². The molecule has 454 valence electrons. The molecule has 76 heavy (non-hydrogen) atoms. The highest BCUT2D eigenvalue weighted by atomic mass is 16.5. The van der Waals surface area contributed by atoms with Gasteiger partial charge in [0.15, 0.2) is 0 Å². The van der Waals surface area contributed by atoms with Crippen LogP contribution in [0.4, 0.5) is 0 Å². The summed E-state index contributed by atoms with van der Waals surface area (Å²) in [6.07, 6.45) is 80.0. The number of hydrogen-bond acceptors (Lipinski definition) is 5. The molecule has 2 unspecified atom stereocenters. The molecule has 0 spiro atoms. The van der Waals surface area contributed by atoms with Gasteiger partial charge >= 0.3 is 5.97 Å². The van der Waals surface area contributed by atoms with Gasteiger partial charge in [-0.15, -0.1) is 0 Å². The number of unbranched alkanes of at least 4 members (excludes halogenated alkanes) is 56. The average molecular weight is 1070 g/mol. The minimum atomic E-state index is -0.667. The molecule has 0 saturated heterocycles. The Morgan fingerprint density at radius 1 is 0.316 bits per heavy atom. The maximum atomic E-state index is 12.6. The smallest absolute Gasteiger partial charge is 0.305 e. The molecule has 0 fully saturated rings. The van der Waals surface area contributed by atoms with E-state index in [1.807, 2.05) is 0 Å². The number of nitrogens with one attached hydrogen (secondary N) is 1. The second kappa shape index (κ2) is 66.4. The van der Waals surface area contributed by atoms with E-state index in [2.05, 4.69) is 19.2 Å². The highest BCUT2D eigenvalue weighted by molar-refractivity contribution is 5.76. The van der Waals surface area contributed by atoms with Crippen LogP contribution >= 0.6 is 0 Å². The quantitative estimate of drug-likeness (QED) is 0.0417. The van der Waals surface area contributed by atoms with Crippen LogP contribution < -0.4 is 5.32 Å². The van der Waals surface area contributed by atoms with E-state index in [9.17, 15) is 19.8 Å². The molecular formula is C70H139NO5. The number of ether oxygens (including phenoxy) is 1. The maximum Gasteiger partial charge on any atom is 0.305 e. The Hall–Kier alpha value is -1.14. The molecular weight excluding hydrogens is 935 g/mol. The van der Waals surface area contributed by atoms with E-state index in [1.165, 1.54) is 340 Å². The van der Waals surface area contributed by atoms with Gasteiger partial charge in [-0.25, -0.2) is 0 Å². The van der Waals surface area contributed by atoms with Gasteiger partial charge in [-0.3, -0.25) is 9.59 Å². The third kappa shape index (κ3) is 62.1. The first-order valence-electron chi connectivity index (χ1n) is 35.3. The predicted molar refractivity (Wildman–Crippen MR) is 334 cm³/mol. The summed E-state index contributed by atoms with van der Waals surface area (Å²) >= 11 is 0. The van der Waals surface area contributed by atoms with Gasteiger partial charge in [0.25, 0.3) is 0 Å². The lowest BCUT2D eigenvalue weighted by Gasteiger charge is -2.22. The SMILES string of the molecule is CCCCCCCCCCCCCCCCCCCCCCCCCCC(O)C(CO)NC(=O)CCCCCCCCCCCCCCCCCCCCOC(=O)CCCCCCCCCCCCCCCCCCC. The van der Waals surface area contributed by atoms with Crippen molar-refractivity contribution in [2.45, 2.75) is 424 Å². The second-order valence-corrected chi connectivity index (χ2v) is 24.6. The Morgan fingerprint density at radius 3 is 0.803 bits per heavy atom. The summed E-state index contributed by atoms with van der Waals surface area (Å²) in [5.41, 5.74) is 0. The van der Waals surface area contributed by atoms with Crippen LogP contribution in [0, 0.1) is 0 Å². The molecule has 0 aliphatic rings. The van der Waals surface area contributed by atoms with Gasteiger partial charge in [0.05, 0.1) is 25.4 Å². The molecule has 0 aromatic heterocycles. The molecule has 6 nitrogen and oxygen atoms in total. The van der Waals surface area contributed by atoms with E-state index in [4.69, 9.17) is 4.74 Å². The average Bonchev–Trinajstić information content (AvgIpc) is 3.42. The molecule has 3 N–H and O–H groups in total. The topological polar surface area (TPSA) is 95.9 Å². The lowest BCUT2D eigenvalue weighted by Crippen LogP contribution is -2.45.